The summed E-state index contributed by atoms with van der Waals surface area (Å²) in [4.78, 5) is 20.2. The predicted octanol–water partition coefficient (Wildman–Crippen LogP) is 4.47. The van der Waals surface area contributed by atoms with E-state index < -0.39 is 11.6 Å². The number of likely N-dealkylation sites (tertiary alicyclic amines) is 1. The third-order valence-corrected chi connectivity index (χ3v) is 7.33. The van der Waals surface area contributed by atoms with Gasteiger partial charge in [0.25, 0.3) is 0 Å². The average Bonchev–Trinajstić information content (AvgIpc) is 3.34. The highest BCUT2D eigenvalue weighted by molar-refractivity contribution is 5.76. The number of nitrogens with zero attached hydrogens (tertiary/aromatic N) is 4. The van der Waals surface area contributed by atoms with Crippen LogP contribution in [0.1, 0.15) is 45.4 Å². The molecule has 34 heavy (non-hydrogen) atoms. The highest BCUT2D eigenvalue weighted by Gasteiger charge is 2.44. The molecule has 0 saturated carbocycles. The fourth-order valence-electron chi connectivity index (χ4n) is 5.14. The van der Waals surface area contributed by atoms with Crippen LogP contribution in [0.5, 0.6) is 0 Å². The molecule has 3 aromatic rings. The van der Waals surface area contributed by atoms with E-state index in [9.17, 15) is 13.6 Å². The summed E-state index contributed by atoms with van der Waals surface area (Å²) in [5, 5.41) is 0. The largest absolute Gasteiger partial charge is 0.381 e. The summed E-state index contributed by atoms with van der Waals surface area (Å²) in [7, 11) is 0. The average molecular weight is 473 g/mol. The Morgan fingerprint density at radius 2 is 1.79 bits per heavy atom. The smallest absolute Gasteiger partial charge is 0.329 e. The standard InChI is InChI=1S/C26H34F2N4O2/c1-6-31-22-12-20(27)21(28)13-23(22)32(24(31)33)16-26(17-34-7-2)10-11-30(15-26)25(4,5)19-9-8-18(3)29-14-19/h8-9,12-14H,6-7,10-11,15-17H2,1-5H3. The van der Waals surface area contributed by atoms with E-state index in [0.29, 0.717) is 43.9 Å². The summed E-state index contributed by atoms with van der Waals surface area (Å²) in [6.07, 6.45) is 2.75. The summed E-state index contributed by atoms with van der Waals surface area (Å²) >= 11 is 0. The lowest BCUT2D eigenvalue weighted by Gasteiger charge is -2.38. The van der Waals surface area contributed by atoms with Gasteiger partial charge in [-0.3, -0.25) is 19.0 Å². The van der Waals surface area contributed by atoms with E-state index in [2.05, 4.69) is 29.8 Å². The number of aromatic nitrogens is 3. The Hall–Kier alpha value is -2.58. The van der Waals surface area contributed by atoms with Crippen molar-refractivity contribution >= 4 is 11.0 Å². The topological polar surface area (TPSA) is 52.3 Å². The number of hydrogen-bond acceptors (Lipinski definition) is 4. The summed E-state index contributed by atoms with van der Waals surface area (Å²) in [6, 6.07) is 6.39. The first-order chi connectivity index (χ1) is 16.1. The van der Waals surface area contributed by atoms with Gasteiger partial charge in [-0.15, -0.1) is 0 Å². The third kappa shape index (κ3) is 4.29. The zero-order chi connectivity index (χ0) is 24.7. The molecule has 1 aliphatic heterocycles. The van der Waals surface area contributed by atoms with Crippen LogP contribution in [0.3, 0.4) is 0 Å². The van der Waals surface area contributed by atoms with Crippen LogP contribution in [-0.4, -0.2) is 45.3 Å². The highest BCUT2D eigenvalue weighted by atomic mass is 19.2. The molecule has 6 nitrogen and oxygen atoms in total. The van der Waals surface area contributed by atoms with E-state index in [4.69, 9.17) is 4.74 Å². The number of aryl methyl sites for hydroxylation is 2. The van der Waals surface area contributed by atoms with Crippen LogP contribution in [0, 0.1) is 24.0 Å². The quantitative estimate of drug-likeness (QED) is 0.486. The van der Waals surface area contributed by atoms with Gasteiger partial charge in [-0.25, -0.2) is 13.6 Å². The van der Waals surface area contributed by atoms with Gasteiger partial charge < -0.3 is 4.74 Å². The number of benzene rings is 1. The second-order valence-corrected chi connectivity index (χ2v) is 9.92. The maximum absolute atomic E-state index is 14.2. The van der Waals surface area contributed by atoms with Crippen molar-refractivity contribution in [1.29, 1.82) is 0 Å². The fourth-order valence-corrected chi connectivity index (χ4v) is 5.14. The Kier molecular flexibility index (Phi) is 6.66. The maximum atomic E-state index is 14.2. The first-order valence-electron chi connectivity index (χ1n) is 12.0. The molecule has 1 aliphatic rings. The third-order valence-electron chi connectivity index (χ3n) is 7.33. The van der Waals surface area contributed by atoms with Crippen molar-refractivity contribution < 1.29 is 13.5 Å². The Bertz CT molecular complexity index is 1230. The number of ether oxygens (including phenoxy) is 1. The molecule has 3 heterocycles. The molecule has 0 bridgehead atoms. The zero-order valence-electron chi connectivity index (χ0n) is 20.7. The van der Waals surface area contributed by atoms with Gasteiger partial charge in [0.05, 0.1) is 17.6 Å². The van der Waals surface area contributed by atoms with Crippen LogP contribution in [0.25, 0.3) is 11.0 Å². The number of halogens is 2. The molecule has 1 atom stereocenters. The van der Waals surface area contributed by atoms with E-state index in [1.165, 1.54) is 4.57 Å². The second kappa shape index (κ2) is 9.23. The van der Waals surface area contributed by atoms with Gasteiger partial charge in [0.1, 0.15) is 0 Å². The minimum atomic E-state index is -0.950. The first kappa shape index (κ1) is 24.5. The number of pyridine rings is 1. The van der Waals surface area contributed by atoms with Crippen LogP contribution in [0.2, 0.25) is 0 Å². The molecule has 0 radical (unpaired) electrons. The molecule has 0 aliphatic carbocycles. The summed E-state index contributed by atoms with van der Waals surface area (Å²) in [6.45, 7) is 13.5. The van der Waals surface area contributed by atoms with E-state index >= 15 is 0 Å². The van der Waals surface area contributed by atoms with Gasteiger partial charge in [0.15, 0.2) is 11.6 Å². The van der Waals surface area contributed by atoms with Crippen molar-refractivity contribution in [3.8, 4) is 0 Å². The first-order valence-corrected chi connectivity index (χ1v) is 12.0. The molecule has 1 fully saturated rings. The molecular formula is C26H34F2N4O2. The predicted molar refractivity (Wildman–Crippen MR) is 129 cm³/mol. The Morgan fingerprint density at radius 1 is 1.12 bits per heavy atom. The van der Waals surface area contributed by atoms with Crippen molar-refractivity contribution in [1.82, 2.24) is 19.0 Å². The van der Waals surface area contributed by atoms with Crippen molar-refractivity contribution in [2.45, 2.75) is 59.7 Å². The SMILES string of the molecule is CCOCC1(Cn2c(=O)n(CC)c3cc(F)c(F)cc32)CCN(C(C)(C)c2ccc(C)nc2)C1. The number of rotatable bonds is 8. The second-order valence-electron chi connectivity index (χ2n) is 9.92. The van der Waals surface area contributed by atoms with E-state index in [1.807, 2.05) is 33.0 Å². The van der Waals surface area contributed by atoms with Gasteiger partial charge in [-0.1, -0.05) is 6.07 Å². The van der Waals surface area contributed by atoms with Crippen LogP contribution in [0.15, 0.2) is 35.3 Å². The van der Waals surface area contributed by atoms with E-state index in [-0.39, 0.29) is 16.6 Å². The Labute approximate surface area is 199 Å². The molecular weight excluding hydrogens is 438 g/mol. The summed E-state index contributed by atoms with van der Waals surface area (Å²) in [5.41, 5.74) is 2.09. The lowest BCUT2D eigenvalue weighted by Crippen LogP contribution is -2.44. The van der Waals surface area contributed by atoms with Crippen LogP contribution in [0.4, 0.5) is 8.78 Å². The molecule has 0 spiro atoms. The molecule has 8 heteroatoms. The molecule has 1 unspecified atom stereocenters. The number of imidazole rings is 1. The highest BCUT2D eigenvalue weighted by Crippen LogP contribution is 2.40. The molecule has 0 N–H and O–H groups in total. The molecule has 2 aromatic heterocycles. The van der Waals surface area contributed by atoms with E-state index in [1.54, 1.807) is 4.57 Å². The Balaban J connectivity index is 1.72. The normalized spacial score (nSPS) is 19.4. The van der Waals surface area contributed by atoms with Crippen molar-refractivity contribution in [2.75, 3.05) is 26.3 Å². The van der Waals surface area contributed by atoms with E-state index in [0.717, 1.165) is 36.4 Å². The Morgan fingerprint density at radius 3 is 2.38 bits per heavy atom. The van der Waals surface area contributed by atoms with Gasteiger partial charge in [-0.2, -0.15) is 0 Å². The minimum Gasteiger partial charge on any atom is -0.381 e. The van der Waals surface area contributed by atoms with Crippen molar-refractivity contribution in [3.05, 3.63) is 63.8 Å². The molecule has 184 valence electrons. The van der Waals surface area contributed by atoms with Crippen molar-refractivity contribution in [2.24, 2.45) is 5.41 Å². The van der Waals surface area contributed by atoms with Gasteiger partial charge in [0.2, 0.25) is 0 Å². The van der Waals surface area contributed by atoms with Crippen LogP contribution in [-0.2, 0) is 23.4 Å². The monoisotopic (exact) mass is 472 g/mol. The number of hydrogen-bond donors (Lipinski definition) is 0. The lowest BCUT2D eigenvalue weighted by atomic mass is 9.87. The molecule has 4 rings (SSSR count). The minimum absolute atomic E-state index is 0.251. The van der Waals surface area contributed by atoms with Gasteiger partial charge in [0, 0.05) is 61.2 Å². The summed E-state index contributed by atoms with van der Waals surface area (Å²) < 4.78 is 37.2. The number of fused-ring (bicyclic) bond motifs is 1. The van der Waals surface area contributed by atoms with Gasteiger partial charge in [-0.05, 0) is 59.2 Å². The van der Waals surface area contributed by atoms with Crippen LogP contribution >= 0.6 is 0 Å². The van der Waals surface area contributed by atoms with Crippen molar-refractivity contribution in [3.63, 3.8) is 0 Å². The molecule has 1 aromatic carbocycles. The van der Waals surface area contributed by atoms with Crippen LogP contribution < -0.4 is 5.69 Å². The van der Waals surface area contributed by atoms with Gasteiger partial charge >= 0.3 is 5.69 Å². The molecule has 0 amide bonds. The zero-order valence-corrected chi connectivity index (χ0v) is 20.7. The fraction of sp³-hybridized carbons (Fsp3) is 0.538. The molecule has 1 saturated heterocycles. The summed E-state index contributed by atoms with van der Waals surface area (Å²) in [5.74, 6) is -1.90. The maximum Gasteiger partial charge on any atom is 0.329 e. The lowest BCUT2D eigenvalue weighted by molar-refractivity contribution is 0.0333.